The maximum atomic E-state index is 12.9. The number of aromatic nitrogens is 2. The van der Waals surface area contributed by atoms with Gasteiger partial charge in [0, 0.05) is 0 Å². The Hall–Kier alpha value is -0.650. The van der Waals surface area contributed by atoms with E-state index in [0.29, 0.717) is 5.52 Å². The second kappa shape index (κ2) is 2.44. The Morgan fingerprint density at radius 3 is 2.91 bits per heavy atom. The Bertz CT molecular complexity index is 360. The molecule has 0 amide bonds. The van der Waals surface area contributed by atoms with E-state index in [1.54, 1.807) is 22.8 Å². The first-order chi connectivity index (χ1) is 5.29. The average Bonchev–Trinajstić information content (AvgIpc) is 2.45. The molecule has 0 fully saturated rings. The average molecular weight is 262 g/mol. The summed E-state index contributed by atoms with van der Waals surface area (Å²) in [7, 11) is 0. The molecule has 11 heavy (non-hydrogen) atoms. The van der Waals surface area contributed by atoms with Crippen molar-refractivity contribution in [2.45, 2.75) is 0 Å². The third kappa shape index (κ3) is 1.01. The largest absolute Gasteiger partial charge is 0.225 e. The van der Waals surface area contributed by atoms with Gasteiger partial charge in [-0.15, -0.1) is 0 Å². The normalized spacial score (nSPS) is 10.7. The highest BCUT2D eigenvalue weighted by atomic mass is 127. The zero-order valence-corrected chi connectivity index (χ0v) is 7.62. The van der Waals surface area contributed by atoms with Gasteiger partial charge in [0.05, 0.1) is 6.20 Å². The molecule has 0 atom stereocenters. The van der Waals surface area contributed by atoms with Gasteiger partial charge in [-0.3, -0.25) is 0 Å². The summed E-state index contributed by atoms with van der Waals surface area (Å²) in [5.74, 6) is -0.233. The fourth-order valence-electron chi connectivity index (χ4n) is 0.952. The molecule has 0 aliphatic carbocycles. The van der Waals surface area contributed by atoms with Crippen molar-refractivity contribution in [3.63, 3.8) is 0 Å². The number of hydrogen-bond donors (Lipinski definition) is 0. The van der Waals surface area contributed by atoms with Crippen molar-refractivity contribution in [2.24, 2.45) is 0 Å². The lowest BCUT2D eigenvalue weighted by Gasteiger charge is -1.96. The van der Waals surface area contributed by atoms with E-state index in [4.69, 9.17) is 0 Å². The summed E-state index contributed by atoms with van der Waals surface area (Å²) in [5, 5.41) is 3.95. The van der Waals surface area contributed by atoms with Crippen LogP contribution in [-0.2, 0) is 0 Å². The Morgan fingerprint density at radius 1 is 1.36 bits per heavy atom. The molecule has 0 aliphatic rings. The summed E-state index contributed by atoms with van der Waals surface area (Å²) in [4.78, 5) is 0. The minimum Gasteiger partial charge on any atom is -0.225 e. The Balaban J connectivity index is 2.96. The molecule has 0 aliphatic heterocycles. The SMILES string of the molecule is Fc1ccc(I)n2nccc12. The third-order valence-electron chi connectivity index (χ3n) is 1.46. The van der Waals surface area contributed by atoms with Crippen molar-refractivity contribution in [1.82, 2.24) is 9.61 Å². The predicted octanol–water partition coefficient (Wildman–Crippen LogP) is 2.08. The van der Waals surface area contributed by atoms with Crippen molar-refractivity contribution >= 4 is 28.1 Å². The van der Waals surface area contributed by atoms with Crippen LogP contribution in [0.5, 0.6) is 0 Å². The van der Waals surface area contributed by atoms with Gasteiger partial charge in [-0.2, -0.15) is 5.10 Å². The minimum atomic E-state index is -0.233. The first kappa shape index (κ1) is 7.02. The lowest BCUT2D eigenvalue weighted by atomic mass is 10.4. The van der Waals surface area contributed by atoms with E-state index >= 15 is 0 Å². The van der Waals surface area contributed by atoms with Crippen molar-refractivity contribution < 1.29 is 4.39 Å². The quantitative estimate of drug-likeness (QED) is 0.524. The molecule has 0 N–H and O–H groups in total. The van der Waals surface area contributed by atoms with Gasteiger partial charge in [0.1, 0.15) is 15.0 Å². The van der Waals surface area contributed by atoms with Crippen LogP contribution in [0.2, 0.25) is 0 Å². The van der Waals surface area contributed by atoms with Crippen LogP contribution in [0.4, 0.5) is 4.39 Å². The van der Waals surface area contributed by atoms with Crippen LogP contribution < -0.4 is 0 Å². The molecule has 2 heterocycles. The first-order valence-corrected chi connectivity index (χ1v) is 4.14. The van der Waals surface area contributed by atoms with Crippen molar-refractivity contribution in [2.75, 3.05) is 0 Å². The monoisotopic (exact) mass is 262 g/mol. The summed E-state index contributed by atoms with van der Waals surface area (Å²) >= 11 is 2.11. The molecular weight excluding hydrogens is 258 g/mol. The Labute approximate surface area is 76.2 Å². The van der Waals surface area contributed by atoms with E-state index < -0.39 is 0 Å². The van der Waals surface area contributed by atoms with Crippen molar-refractivity contribution in [3.05, 3.63) is 33.9 Å². The Kier molecular flexibility index (Phi) is 1.56. The highest BCUT2D eigenvalue weighted by molar-refractivity contribution is 14.1. The third-order valence-corrected chi connectivity index (χ3v) is 2.27. The molecule has 0 unspecified atom stereocenters. The molecule has 0 bridgehead atoms. The summed E-state index contributed by atoms with van der Waals surface area (Å²) in [6, 6.07) is 4.78. The number of nitrogens with zero attached hydrogens (tertiary/aromatic N) is 2. The van der Waals surface area contributed by atoms with Crippen molar-refractivity contribution in [3.8, 4) is 0 Å². The number of pyridine rings is 1. The van der Waals surface area contributed by atoms with Crippen molar-refractivity contribution in [1.29, 1.82) is 0 Å². The van der Waals surface area contributed by atoms with Crippen LogP contribution in [0.1, 0.15) is 0 Å². The molecule has 0 aromatic carbocycles. The number of hydrogen-bond acceptors (Lipinski definition) is 1. The molecular formula is C7H4FIN2. The number of halogens is 2. The Morgan fingerprint density at radius 2 is 2.18 bits per heavy atom. The van der Waals surface area contributed by atoms with Crippen LogP contribution in [0.15, 0.2) is 24.4 Å². The fraction of sp³-hybridized carbons (Fsp3) is 0. The van der Waals surface area contributed by atoms with Gasteiger partial charge < -0.3 is 0 Å². The summed E-state index contributed by atoms with van der Waals surface area (Å²) < 4.78 is 15.4. The molecule has 2 rings (SSSR count). The van der Waals surface area contributed by atoms with E-state index in [1.165, 1.54) is 6.07 Å². The maximum Gasteiger partial charge on any atom is 0.149 e. The van der Waals surface area contributed by atoms with Crippen LogP contribution in [0.25, 0.3) is 5.52 Å². The molecule has 0 saturated carbocycles. The van der Waals surface area contributed by atoms with Crippen LogP contribution >= 0.6 is 22.6 Å². The van der Waals surface area contributed by atoms with Gasteiger partial charge in [0.15, 0.2) is 0 Å². The van der Waals surface area contributed by atoms with Gasteiger partial charge >= 0.3 is 0 Å². The van der Waals surface area contributed by atoms with E-state index in [0.717, 1.165) is 3.70 Å². The van der Waals surface area contributed by atoms with E-state index in [-0.39, 0.29) is 5.82 Å². The zero-order chi connectivity index (χ0) is 7.84. The van der Waals surface area contributed by atoms with Gasteiger partial charge in [0.2, 0.25) is 0 Å². The van der Waals surface area contributed by atoms with Gasteiger partial charge in [0.25, 0.3) is 0 Å². The highest BCUT2D eigenvalue weighted by Gasteiger charge is 2.02. The molecule has 4 heteroatoms. The first-order valence-electron chi connectivity index (χ1n) is 3.07. The number of fused-ring (bicyclic) bond motifs is 1. The molecule has 2 aromatic rings. The molecule has 2 nitrogen and oxygen atoms in total. The minimum absolute atomic E-state index is 0.233. The van der Waals surface area contributed by atoms with Gasteiger partial charge in [-0.05, 0) is 40.8 Å². The van der Waals surface area contributed by atoms with Gasteiger partial charge in [-0.25, -0.2) is 8.91 Å². The number of rotatable bonds is 0. The highest BCUT2D eigenvalue weighted by Crippen LogP contribution is 2.12. The predicted molar refractivity (Wildman–Crippen MR) is 47.9 cm³/mol. The van der Waals surface area contributed by atoms with E-state index in [9.17, 15) is 4.39 Å². The molecule has 0 spiro atoms. The van der Waals surface area contributed by atoms with Crippen LogP contribution in [-0.4, -0.2) is 9.61 Å². The lowest BCUT2D eigenvalue weighted by Crippen LogP contribution is -1.93. The standard InChI is InChI=1S/C7H4FIN2/c8-5-1-2-7(9)11-6(5)3-4-10-11/h1-4H. The maximum absolute atomic E-state index is 12.9. The molecule has 2 aromatic heterocycles. The summed E-state index contributed by atoms with van der Waals surface area (Å²) in [5.41, 5.74) is 0.525. The second-order valence-electron chi connectivity index (χ2n) is 2.13. The van der Waals surface area contributed by atoms with Gasteiger partial charge in [-0.1, -0.05) is 0 Å². The fourth-order valence-corrected chi connectivity index (χ4v) is 1.52. The van der Waals surface area contributed by atoms with E-state index in [2.05, 4.69) is 27.7 Å². The molecule has 56 valence electrons. The molecule has 0 saturated heterocycles. The summed E-state index contributed by atoms with van der Waals surface area (Å²) in [6.07, 6.45) is 1.58. The summed E-state index contributed by atoms with van der Waals surface area (Å²) in [6.45, 7) is 0. The van der Waals surface area contributed by atoms with Crippen LogP contribution in [0, 0.1) is 9.52 Å². The second-order valence-corrected chi connectivity index (χ2v) is 3.24. The smallest absolute Gasteiger partial charge is 0.149 e. The van der Waals surface area contributed by atoms with Crippen LogP contribution in [0.3, 0.4) is 0 Å². The molecule has 0 radical (unpaired) electrons. The topological polar surface area (TPSA) is 17.3 Å². The zero-order valence-electron chi connectivity index (χ0n) is 5.46. The van der Waals surface area contributed by atoms with E-state index in [1.807, 2.05) is 0 Å². The lowest BCUT2D eigenvalue weighted by molar-refractivity contribution is 0.629.